The van der Waals surface area contributed by atoms with Gasteiger partial charge in [-0.15, -0.1) is 0 Å². The Bertz CT molecular complexity index is 1220. The Morgan fingerprint density at radius 1 is 0.800 bits per heavy atom. The first-order valence-electron chi connectivity index (χ1n) is 8.28. The number of hydrogen-bond acceptors (Lipinski definition) is 2. The van der Waals surface area contributed by atoms with Gasteiger partial charge in [-0.2, -0.15) is 0 Å². The average Bonchev–Trinajstić information content (AvgIpc) is 3.18. The zero-order chi connectivity index (χ0) is 16.8. The number of nitrogens with zero attached hydrogens (tertiary/aromatic N) is 1. The van der Waals surface area contributed by atoms with E-state index < -0.39 is 0 Å². The summed E-state index contributed by atoms with van der Waals surface area (Å²) in [5.74, 6) is 0.862. The Kier molecular flexibility index (Phi) is 3.01. The molecule has 0 saturated carbocycles. The van der Waals surface area contributed by atoms with Gasteiger partial charge in [0.1, 0.15) is 5.75 Å². The lowest BCUT2D eigenvalue weighted by atomic mass is 9.93. The molecule has 0 aliphatic carbocycles. The summed E-state index contributed by atoms with van der Waals surface area (Å²) in [6, 6.07) is 23.1. The minimum atomic E-state index is 0.862. The molecule has 25 heavy (non-hydrogen) atoms. The smallest absolute Gasteiger partial charge is 0.118 e. The van der Waals surface area contributed by atoms with Crippen LogP contribution in [0.25, 0.3) is 43.7 Å². The van der Waals surface area contributed by atoms with Crippen LogP contribution in [0, 0.1) is 0 Å². The molecule has 5 rings (SSSR count). The molecule has 4 aromatic carbocycles. The van der Waals surface area contributed by atoms with Crippen LogP contribution in [0.4, 0.5) is 0 Å². The normalized spacial score (nSPS) is 11.4. The zero-order valence-electron chi connectivity index (χ0n) is 13.8. The van der Waals surface area contributed by atoms with Crippen molar-refractivity contribution in [2.45, 2.75) is 0 Å². The minimum absolute atomic E-state index is 0.862. The maximum atomic E-state index is 5.29. The van der Waals surface area contributed by atoms with Crippen molar-refractivity contribution in [3.63, 3.8) is 0 Å². The lowest BCUT2D eigenvalue weighted by Gasteiger charge is -2.11. The molecular weight excluding hydrogens is 308 g/mol. The van der Waals surface area contributed by atoms with Gasteiger partial charge in [0.2, 0.25) is 0 Å². The Morgan fingerprint density at radius 3 is 2.36 bits per heavy atom. The first-order valence-corrected chi connectivity index (χ1v) is 8.28. The molecule has 3 heteroatoms. The second-order valence-electron chi connectivity index (χ2n) is 6.13. The fourth-order valence-electron chi connectivity index (χ4n) is 3.67. The fraction of sp³-hybridized carbons (Fsp3) is 0.0455. The number of benzene rings is 4. The van der Waals surface area contributed by atoms with E-state index in [2.05, 4.69) is 64.6 Å². The van der Waals surface area contributed by atoms with E-state index >= 15 is 0 Å². The van der Waals surface area contributed by atoms with Gasteiger partial charge in [-0.1, -0.05) is 54.6 Å². The molecule has 120 valence electrons. The highest BCUT2D eigenvalue weighted by Gasteiger charge is 2.14. The molecule has 0 bridgehead atoms. The maximum absolute atomic E-state index is 5.29. The van der Waals surface area contributed by atoms with Crippen LogP contribution < -0.4 is 4.74 Å². The number of methoxy groups -OCH3 is 1. The molecule has 1 N–H and O–H groups in total. The van der Waals surface area contributed by atoms with Crippen molar-refractivity contribution < 1.29 is 4.74 Å². The van der Waals surface area contributed by atoms with E-state index in [0.717, 1.165) is 22.3 Å². The molecule has 1 aromatic heterocycles. The number of aromatic nitrogens is 2. The molecule has 0 radical (unpaired) electrons. The van der Waals surface area contributed by atoms with Gasteiger partial charge >= 0.3 is 0 Å². The maximum Gasteiger partial charge on any atom is 0.118 e. The van der Waals surface area contributed by atoms with Crippen LogP contribution in [-0.4, -0.2) is 17.1 Å². The van der Waals surface area contributed by atoms with E-state index in [1.54, 1.807) is 13.4 Å². The van der Waals surface area contributed by atoms with Crippen molar-refractivity contribution in [2.24, 2.45) is 0 Å². The van der Waals surface area contributed by atoms with Crippen LogP contribution in [0.2, 0.25) is 0 Å². The largest absolute Gasteiger partial charge is 0.497 e. The summed E-state index contributed by atoms with van der Waals surface area (Å²) in [4.78, 5) is 7.94. The Morgan fingerprint density at radius 2 is 1.56 bits per heavy atom. The summed E-state index contributed by atoms with van der Waals surface area (Å²) in [5, 5.41) is 4.85. The standard InChI is InChI=1S/C22H16N2O/c1-25-15-11-9-14(10-12-15)16-7-4-8-18-17-5-2-3-6-19(17)21-22(20(16)18)24-13-23-21/h2-13H,1H3,(H,23,24). The highest BCUT2D eigenvalue weighted by molar-refractivity contribution is 6.26. The Labute approximate surface area is 144 Å². The fourth-order valence-corrected chi connectivity index (χ4v) is 3.67. The van der Waals surface area contributed by atoms with Crippen LogP contribution >= 0.6 is 0 Å². The summed E-state index contributed by atoms with van der Waals surface area (Å²) in [6.07, 6.45) is 1.78. The summed E-state index contributed by atoms with van der Waals surface area (Å²) in [7, 11) is 1.69. The van der Waals surface area contributed by atoms with Crippen molar-refractivity contribution in [2.75, 3.05) is 7.11 Å². The third-order valence-corrected chi connectivity index (χ3v) is 4.83. The van der Waals surface area contributed by atoms with Crippen LogP contribution in [0.1, 0.15) is 0 Å². The van der Waals surface area contributed by atoms with Crippen LogP contribution in [0.15, 0.2) is 73.1 Å². The van der Waals surface area contributed by atoms with Crippen molar-refractivity contribution in [1.29, 1.82) is 0 Å². The molecule has 3 nitrogen and oxygen atoms in total. The average molecular weight is 324 g/mol. The molecule has 1 heterocycles. The summed E-state index contributed by atoms with van der Waals surface area (Å²) in [5.41, 5.74) is 4.46. The molecule has 0 aliphatic heterocycles. The van der Waals surface area contributed by atoms with Gasteiger partial charge in [-0.25, -0.2) is 4.98 Å². The van der Waals surface area contributed by atoms with E-state index in [-0.39, 0.29) is 0 Å². The van der Waals surface area contributed by atoms with Gasteiger partial charge in [0.05, 0.1) is 24.5 Å². The third-order valence-electron chi connectivity index (χ3n) is 4.83. The molecule has 0 fully saturated rings. The number of H-pyrrole nitrogens is 1. The Hall–Kier alpha value is -3.33. The van der Waals surface area contributed by atoms with Gasteiger partial charge in [-0.05, 0) is 34.0 Å². The second-order valence-corrected chi connectivity index (χ2v) is 6.13. The van der Waals surface area contributed by atoms with Gasteiger partial charge in [0.25, 0.3) is 0 Å². The zero-order valence-corrected chi connectivity index (χ0v) is 13.8. The SMILES string of the molecule is COc1ccc(-c2cccc3c4ccccc4c4nc[nH]c4c23)cc1. The van der Waals surface area contributed by atoms with Gasteiger partial charge < -0.3 is 9.72 Å². The number of aromatic amines is 1. The second kappa shape index (κ2) is 5.35. The van der Waals surface area contributed by atoms with E-state index in [1.807, 2.05) is 12.1 Å². The van der Waals surface area contributed by atoms with E-state index in [4.69, 9.17) is 4.74 Å². The molecule has 0 aliphatic rings. The van der Waals surface area contributed by atoms with Gasteiger partial charge in [0, 0.05) is 10.8 Å². The highest BCUT2D eigenvalue weighted by atomic mass is 16.5. The third kappa shape index (κ3) is 2.02. The highest BCUT2D eigenvalue weighted by Crippen LogP contribution is 2.38. The molecule has 0 saturated heterocycles. The molecule has 5 aromatic rings. The van der Waals surface area contributed by atoms with Gasteiger partial charge in [0.15, 0.2) is 0 Å². The number of nitrogens with one attached hydrogen (secondary N) is 1. The van der Waals surface area contributed by atoms with Crippen molar-refractivity contribution in [3.05, 3.63) is 73.1 Å². The lowest BCUT2D eigenvalue weighted by Crippen LogP contribution is -1.87. The van der Waals surface area contributed by atoms with E-state index in [9.17, 15) is 0 Å². The van der Waals surface area contributed by atoms with E-state index in [0.29, 0.717) is 0 Å². The minimum Gasteiger partial charge on any atom is -0.497 e. The topological polar surface area (TPSA) is 37.9 Å². The molecule has 0 amide bonds. The van der Waals surface area contributed by atoms with E-state index in [1.165, 1.54) is 27.1 Å². The first-order chi connectivity index (χ1) is 12.4. The van der Waals surface area contributed by atoms with Crippen LogP contribution in [0.3, 0.4) is 0 Å². The molecule has 0 atom stereocenters. The molecular formula is C22H16N2O. The van der Waals surface area contributed by atoms with Crippen LogP contribution in [-0.2, 0) is 0 Å². The number of ether oxygens (including phenoxy) is 1. The first kappa shape index (κ1) is 14.1. The summed E-state index contributed by atoms with van der Waals surface area (Å²) in [6.45, 7) is 0. The van der Waals surface area contributed by atoms with Crippen molar-refractivity contribution >= 4 is 32.6 Å². The van der Waals surface area contributed by atoms with Gasteiger partial charge in [-0.3, -0.25) is 0 Å². The predicted octanol–water partition coefficient (Wildman–Crippen LogP) is 5.54. The monoisotopic (exact) mass is 324 g/mol. The lowest BCUT2D eigenvalue weighted by molar-refractivity contribution is 0.415. The van der Waals surface area contributed by atoms with Crippen molar-refractivity contribution in [3.8, 4) is 16.9 Å². The molecule has 0 unspecified atom stereocenters. The quantitative estimate of drug-likeness (QED) is 0.433. The number of fused-ring (bicyclic) bond motifs is 6. The Balaban J connectivity index is 1.95. The predicted molar refractivity (Wildman–Crippen MR) is 103 cm³/mol. The molecule has 0 spiro atoms. The number of hydrogen-bond donors (Lipinski definition) is 1. The number of rotatable bonds is 2. The van der Waals surface area contributed by atoms with Crippen LogP contribution in [0.5, 0.6) is 5.75 Å². The summed E-state index contributed by atoms with van der Waals surface area (Å²) < 4.78 is 5.29. The van der Waals surface area contributed by atoms with Crippen molar-refractivity contribution in [1.82, 2.24) is 9.97 Å². The summed E-state index contributed by atoms with van der Waals surface area (Å²) >= 11 is 0. The number of imidazole rings is 1.